The lowest BCUT2D eigenvalue weighted by molar-refractivity contribution is 0.0957. The Hall–Kier alpha value is -3.40. The van der Waals surface area contributed by atoms with Gasteiger partial charge in [-0.3, -0.25) is 4.79 Å². The van der Waals surface area contributed by atoms with Crippen LogP contribution in [0.5, 0.6) is 0 Å². The van der Waals surface area contributed by atoms with Gasteiger partial charge in [-0.2, -0.15) is 4.39 Å². The van der Waals surface area contributed by atoms with Crippen molar-refractivity contribution in [1.82, 2.24) is 20.3 Å². The number of nitrogens with one attached hydrogen (secondary N) is 2. The van der Waals surface area contributed by atoms with E-state index < -0.39 is 17.7 Å². The minimum atomic E-state index is -0.684. The average molecular weight is 442 g/mol. The van der Waals surface area contributed by atoms with Crippen LogP contribution in [0.1, 0.15) is 22.5 Å². The second-order valence-electron chi connectivity index (χ2n) is 6.92. The summed E-state index contributed by atoms with van der Waals surface area (Å²) < 4.78 is 29.3. The van der Waals surface area contributed by atoms with Crippen molar-refractivity contribution in [3.63, 3.8) is 0 Å². The Kier molecular flexibility index (Phi) is 6.17. The third-order valence-corrected chi connectivity index (χ3v) is 5.67. The fraction of sp³-hybridized carbons (Fsp3) is 0.238. The molecule has 3 aromatic rings. The van der Waals surface area contributed by atoms with Gasteiger partial charge in [0.05, 0.1) is 5.69 Å². The van der Waals surface area contributed by atoms with Gasteiger partial charge in [0, 0.05) is 37.9 Å². The van der Waals surface area contributed by atoms with E-state index in [1.807, 2.05) is 11.0 Å². The highest BCUT2D eigenvalue weighted by Crippen LogP contribution is 2.27. The SMILES string of the molecule is CNC(=O)c1ccc(N2CC=C(Cc3ccnc(Nc4nccs4)c3F)CC2)c(F)n1. The fourth-order valence-corrected chi connectivity index (χ4v) is 3.87. The smallest absolute Gasteiger partial charge is 0.269 e. The van der Waals surface area contributed by atoms with E-state index in [0.29, 0.717) is 42.3 Å². The molecular formula is C21H20F2N6OS. The summed E-state index contributed by atoms with van der Waals surface area (Å²) in [6.07, 6.45) is 6.29. The Balaban J connectivity index is 1.44. The molecule has 0 saturated carbocycles. The summed E-state index contributed by atoms with van der Waals surface area (Å²) in [5.41, 5.74) is 1.98. The van der Waals surface area contributed by atoms with Gasteiger partial charge in [-0.1, -0.05) is 11.6 Å². The maximum atomic E-state index is 14.9. The Morgan fingerprint density at radius 1 is 1.23 bits per heavy atom. The lowest BCUT2D eigenvalue weighted by Crippen LogP contribution is -2.30. The second kappa shape index (κ2) is 9.17. The first-order chi connectivity index (χ1) is 15.0. The van der Waals surface area contributed by atoms with Gasteiger partial charge in [-0.15, -0.1) is 11.3 Å². The maximum absolute atomic E-state index is 14.9. The number of hydrogen-bond acceptors (Lipinski definition) is 7. The van der Waals surface area contributed by atoms with Gasteiger partial charge in [0.2, 0.25) is 5.95 Å². The summed E-state index contributed by atoms with van der Waals surface area (Å²) in [5.74, 6) is -1.37. The highest BCUT2D eigenvalue weighted by Gasteiger charge is 2.19. The van der Waals surface area contributed by atoms with Crippen molar-refractivity contribution in [2.24, 2.45) is 0 Å². The first-order valence-corrected chi connectivity index (χ1v) is 10.5. The van der Waals surface area contributed by atoms with E-state index in [1.165, 1.54) is 24.5 Å². The molecule has 0 radical (unpaired) electrons. The Bertz CT molecular complexity index is 1120. The zero-order chi connectivity index (χ0) is 21.8. The number of amides is 1. The third kappa shape index (κ3) is 4.69. The largest absolute Gasteiger partial charge is 0.364 e. The fourth-order valence-electron chi connectivity index (χ4n) is 3.35. The van der Waals surface area contributed by atoms with Gasteiger partial charge in [-0.25, -0.2) is 19.3 Å². The molecule has 10 heteroatoms. The summed E-state index contributed by atoms with van der Waals surface area (Å²) in [6.45, 7) is 1.05. The summed E-state index contributed by atoms with van der Waals surface area (Å²) >= 11 is 1.37. The zero-order valence-corrected chi connectivity index (χ0v) is 17.5. The molecule has 0 aliphatic carbocycles. The van der Waals surface area contributed by atoms with Gasteiger partial charge in [0.15, 0.2) is 16.8 Å². The van der Waals surface area contributed by atoms with Crippen LogP contribution in [0.15, 0.2) is 47.6 Å². The van der Waals surface area contributed by atoms with Crippen LogP contribution in [0.2, 0.25) is 0 Å². The predicted octanol–water partition coefficient (Wildman–Crippen LogP) is 3.69. The van der Waals surface area contributed by atoms with Crippen LogP contribution in [-0.4, -0.2) is 41.0 Å². The maximum Gasteiger partial charge on any atom is 0.269 e. The van der Waals surface area contributed by atoms with Gasteiger partial charge in [0.25, 0.3) is 5.91 Å². The van der Waals surface area contributed by atoms with E-state index in [-0.39, 0.29) is 11.5 Å². The molecule has 0 saturated heterocycles. The van der Waals surface area contributed by atoms with Gasteiger partial charge in [-0.05, 0) is 36.6 Å². The molecule has 7 nitrogen and oxygen atoms in total. The molecule has 0 fully saturated rings. The number of carbonyl (C=O) groups is 1. The Labute approximate surface area is 181 Å². The molecule has 4 heterocycles. The molecule has 160 valence electrons. The lowest BCUT2D eigenvalue weighted by atomic mass is 9.99. The van der Waals surface area contributed by atoms with Gasteiger partial charge >= 0.3 is 0 Å². The minimum absolute atomic E-state index is 0.0346. The topological polar surface area (TPSA) is 83.0 Å². The molecule has 2 N–H and O–H groups in total. The quantitative estimate of drug-likeness (QED) is 0.448. The highest BCUT2D eigenvalue weighted by molar-refractivity contribution is 7.13. The molecule has 31 heavy (non-hydrogen) atoms. The number of aromatic nitrogens is 3. The molecule has 0 bridgehead atoms. The number of nitrogens with zero attached hydrogens (tertiary/aromatic N) is 4. The molecule has 3 aromatic heterocycles. The summed E-state index contributed by atoms with van der Waals surface area (Å²) in [4.78, 5) is 25.4. The molecule has 4 rings (SSSR count). The molecular weight excluding hydrogens is 422 g/mol. The zero-order valence-electron chi connectivity index (χ0n) is 16.7. The third-order valence-electron chi connectivity index (χ3n) is 4.98. The summed E-state index contributed by atoms with van der Waals surface area (Å²) in [7, 11) is 1.47. The lowest BCUT2D eigenvalue weighted by Gasteiger charge is -2.28. The van der Waals surface area contributed by atoms with E-state index in [9.17, 15) is 13.6 Å². The predicted molar refractivity (Wildman–Crippen MR) is 116 cm³/mol. The summed E-state index contributed by atoms with van der Waals surface area (Å²) in [5, 5.41) is 7.70. The minimum Gasteiger partial charge on any atom is -0.364 e. The standard InChI is InChI=1S/C21H20F2N6OS/c1-24-20(30)15-2-3-16(18(23)27-15)29-9-5-13(6-10-29)12-14-4-7-25-19(17(14)22)28-21-26-8-11-31-21/h2-5,7-8,11H,6,9-10,12H2,1H3,(H,24,30)(H,25,26,28). The van der Waals surface area contributed by atoms with Gasteiger partial charge in [0.1, 0.15) is 5.69 Å². The van der Waals surface area contributed by atoms with Crippen LogP contribution in [0.3, 0.4) is 0 Å². The van der Waals surface area contributed by atoms with Crippen molar-refractivity contribution in [1.29, 1.82) is 0 Å². The average Bonchev–Trinajstić information content (AvgIpc) is 3.30. The monoisotopic (exact) mass is 442 g/mol. The number of anilines is 3. The molecule has 1 aliphatic heterocycles. The highest BCUT2D eigenvalue weighted by atomic mass is 32.1. The molecule has 0 aromatic carbocycles. The van der Waals surface area contributed by atoms with Crippen LogP contribution >= 0.6 is 11.3 Å². The number of halogens is 2. The number of thiazole rings is 1. The van der Waals surface area contributed by atoms with Crippen LogP contribution in [0, 0.1) is 11.8 Å². The second-order valence-corrected chi connectivity index (χ2v) is 7.81. The molecule has 0 spiro atoms. The van der Waals surface area contributed by atoms with Crippen LogP contribution in [-0.2, 0) is 6.42 Å². The van der Waals surface area contributed by atoms with Crippen molar-refractivity contribution < 1.29 is 13.6 Å². The molecule has 0 unspecified atom stereocenters. The van der Waals surface area contributed by atoms with Crippen molar-refractivity contribution >= 4 is 33.9 Å². The molecule has 1 aliphatic rings. The van der Waals surface area contributed by atoms with Crippen LogP contribution < -0.4 is 15.5 Å². The van der Waals surface area contributed by atoms with Crippen molar-refractivity contribution in [3.05, 3.63) is 70.6 Å². The number of carbonyl (C=O) groups excluding carboxylic acids is 1. The van der Waals surface area contributed by atoms with Gasteiger partial charge < -0.3 is 15.5 Å². The normalized spacial score (nSPS) is 13.6. The van der Waals surface area contributed by atoms with E-state index in [4.69, 9.17) is 0 Å². The Morgan fingerprint density at radius 3 is 2.77 bits per heavy atom. The van der Waals surface area contributed by atoms with E-state index in [2.05, 4.69) is 25.6 Å². The molecule has 0 atom stereocenters. The summed E-state index contributed by atoms with van der Waals surface area (Å²) in [6, 6.07) is 4.72. The van der Waals surface area contributed by atoms with E-state index in [0.717, 1.165) is 5.57 Å². The number of pyridine rings is 2. The molecule has 1 amide bonds. The van der Waals surface area contributed by atoms with Crippen molar-refractivity contribution in [2.45, 2.75) is 12.8 Å². The first kappa shape index (κ1) is 20.9. The Morgan fingerprint density at radius 2 is 2.10 bits per heavy atom. The number of rotatable bonds is 6. The van der Waals surface area contributed by atoms with E-state index in [1.54, 1.807) is 29.9 Å². The first-order valence-electron chi connectivity index (χ1n) is 9.66. The van der Waals surface area contributed by atoms with Crippen molar-refractivity contribution in [2.75, 3.05) is 30.4 Å². The van der Waals surface area contributed by atoms with Crippen molar-refractivity contribution in [3.8, 4) is 0 Å². The van der Waals surface area contributed by atoms with Crippen LogP contribution in [0.4, 0.5) is 25.4 Å². The van der Waals surface area contributed by atoms with E-state index >= 15 is 0 Å². The number of hydrogen-bond donors (Lipinski definition) is 2. The van der Waals surface area contributed by atoms with Crippen LogP contribution in [0.25, 0.3) is 0 Å².